The highest BCUT2D eigenvalue weighted by Gasteiger charge is 2.22. The van der Waals surface area contributed by atoms with Crippen LogP contribution in [0.25, 0.3) is 27.6 Å². The molecule has 0 fully saturated rings. The van der Waals surface area contributed by atoms with Gasteiger partial charge in [0.2, 0.25) is 0 Å². The summed E-state index contributed by atoms with van der Waals surface area (Å²) < 4.78 is 0. The normalized spacial score (nSPS) is 18.2. The van der Waals surface area contributed by atoms with Crippen LogP contribution in [0.1, 0.15) is 48.3 Å². The summed E-state index contributed by atoms with van der Waals surface area (Å²) in [6, 6.07) is 42.8. The number of amidine groups is 1. The van der Waals surface area contributed by atoms with Crippen molar-refractivity contribution in [3.8, 4) is 11.1 Å². The van der Waals surface area contributed by atoms with Gasteiger partial charge in [0.25, 0.3) is 0 Å². The molecule has 2 N–H and O–H groups in total. The highest BCUT2D eigenvalue weighted by Crippen LogP contribution is 2.33. The quantitative estimate of drug-likeness (QED) is 0.233. The van der Waals surface area contributed by atoms with Crippen molar-refractivity contribution in [3.05, 3.63) is 161 Å². The molecule has 0 saturated heterocycles. The van der Waals surface area contributed by atoms with Gasteiger partial charge in [-0.05, 0) is 88.9 Å². The number of rotatable bonds is 5. The monoisotopic (exact) mass is 544 g/mol. The van der Waals surface area contributed by atoms with Crippen LogP contribution in [0.4, 0.5) is 0 Å². The van der Waals surface area contributed by atoms with Gasteiger partial charge in [-0.1, -0.05) is 97.1 Å². The first-order valence-electron chi connectivity index (χ1n) is 14.4. The molecular formula is C38H32N4. The molecule has 4 heteroatoms. The molecule has 2 aliphatic heterocycles. The fourth-order valence-corrected chi connectivity index (χ4v) is 5.78. The second-order valence-corrected chi connectivity index (χ2v) is 11.0. The van der Waals surface area contributed by atoms with Gasteiger partial charge in [0.15, 0.2) is 0 Å². The zero-order valence-electron chi connectivity index (χ0n) is 23.8. The van der Waals surface area contributed by atoms with E-state index < -0.39 is 0 Å². The number of benzene rings is 5. The molecule has 0 amide bonds. The van der Waals surface area contributed by atoms with E-state index in [-0.39, 0.29) is 12.2 Å². The van der Waals surface area contributed by atoms with E-state index in [1.165, 1.54) is 16.3 Å². The highest BCUT2D eigenvalue weighted by atomic mass is 15.1. The van der Waals surface area contributed by atoms with Gasteiger partial charge in [0.05, 0.1) is 11.7 Å². The minimum absolute atomic E-state index is 0.0140. The molecule has 2 aliphatic rings. The van der Waals surface area contributed by atoms with Crippen molar-refractivity contribution in [2.45, 2.75) is 26.1 Å². The predicted molar refractivity (Wildman–Crippen MR) is 175 cm³/mol. The second-order valence-electron chi connectivity index (χ2n) is 11.0. The molecular weight excluding hydrogens is 512 g/mol. The molecule has 2 atom stereocenters. The summed E-state index contributed by atoms with van der Waals surface area (Å²) >= 11 is 0. The molecule has 2 unspecified atom stereocenters. The van der Waals surface area contributed by atoms with Crippen molar-refractivity contribution in [1.29, 1.82) is 0 Å². The molecule has 0 aromatic heterocycles. The number of hydrogen-bond donors (Lipinski definition) is 2. The van der Waals surface area contributed by atoms with Gasteiger partial charge in [-0.2, -0.15) is 0 Å². The lowest BCUT2D eigenvalue weighted by Crippen LogP contribution is -2.31. The van der Waals surface area contributed by atoms with E-state index in [1.54, 1.807) is 0 Å². The molecule has 0 radical (unpaired) electrons. The van der Waals surface area contributed by atoms with Crippen molar-refractivity contribution in [3.63, 3.8) is 0 Å². The van der Waals surface area contributed by atoms with E-state index in [4.69, 9.17) is 9.98 Å². The Labute approximate surface area is 246 Å². The molecule has 7 rings (SSSR count). The van der Waals surface area contributed by atoms with Gasteiger partial charge in [0.1, 0.15) is 12.0 Å². The molecule has 4 nitrogen and oxygen atoms in total. The number of allylic oxidation sites excluding steroid dienone is 2. The maximum Gasteiger partial charge on any atom is 0.144 e. The van der Waals surface area contributed by atoms with Crippen molar-refractivity contribution in [2.24, 2.45) is 9.98 Å². The fraction of sp³-hybridized carbons (Fsp3) is 0.105. The van der Waals surface area contributed by atoms with Crippen LogP contribution in [-0.4, -0.2) is 11.5 Å². The molecule has 0 bridgehead atoms. The predicted octanol–water partition coefficient (Wildman–Crippen LogP) is 8.61. The summed E-state index contributed by atoms with van der Waals surface area (Å²) in [4.78, 5) is 10.2. The largest absolute Gasteiger partial charge is 0.364 e. The Hall–Kier alpha value is -5.22. The van der Waals surface area contributed by atoms with Crippen LogP contribution in [0, 0.1) is 0 Å². The van der Waals surface area contributed by atoms with Gasteiger partial charge < -0.3 is 10.6 Å². The van der Waals surface area contributed by atoms with E-state index in [0.29, 0.717) is 0 Å². The summed E-state index contributed by atoms with van der Waals surface area (Å²) in [6.45, 7) is 4.15. The first kappa shape index (κ1) is 25.7. The van der Waals surface area contributed by atoms with Gasteiger partial charge in [-0.25, -0.2) is 4.99 Å². The minimum Gasteiger partial charge on any atom is -0.364 e. The topological polar surface area (TPSA) is 48.8 Å². The van der Waals surface area contributed by atoms with Crippen LogP contribution < -0.4 is 10.6 Å². The van der Waals surface area contributed by atoms with E-state index >= 15 is 0 Å². The molecule has 5 aromatic rings. The number of fused-ring (bicyclic) bond motifs is 1. The van der Waals surface area contributed by atoms with Crippen LogP contribution in [0.15, 0.2) is 149 Å². The summed E-state index contributed by atoms with van der Waals surface area (Å²) in [5.41, 5.74) is 9.79. The number of nitrogens with one attached hydrogen (secondary N) is 2. The average molecular weight is 545 g/mol. The third-order valence-corrected chi connectivity index (χ3v) is 7.83. The molecule has 0 aliphatic carbocycles. The van der Waals surface area contributed by atoms with E-state index in [9.17, 15) is 0 Å². The van der Waals surface area contributed by atoms with Crippen molar-refractivity contribution >= 4 is 28.0 Å². The summed E-state index contributed by atoms with van der Waals surface area (Å²) in [6.07, 6.45) is 4.12. The van der Waals surface area contributed by atoms with Crippen LogP contribution in [-0.2, 0) is 0 Å². The van der Waals surface area contributed by atoms with E-state index in [2.05, 4.69) is 152 Å². The summed E-state index contributed by atoms with van der Waals surface area (Å²) in [5, 5.41) is 9.77. The summed E-state index contributed by atoms with van der Waals surface area (Å²) in [5.74, 6) is 0.845. The van der Waals surface area contributed by atoms with Crippen LogP contribution in [0.2, 0.25) is 0 Å². The highest BCUT2D eigenvalue weighted by molar-refractivity contribution is 6.04. The fourth-order valence-electron chi connectivity index (χ4n) is 5.78. The Kier molecular flexibility index (Phi) is 6.73. The average Bonchev–Trinajstić information content (AvgIpc) is 3.04. The van der Waals surface area contributed by atoms with E-state index in [0.717, 1.165) is 50.8 Å². The lowest BCUT2D eigenvalue weighted by Gasteiger charge is -2.26. The zero-order chi connectivity index (χ0) is 28.5. The first-order valence-corrected chi connectivity index (χ1v) is 14.4. The third kappa shape index (κ3) is 5.27. The standard InChI is InChI=1S/C38H32N4/c1-25-19-26(2)40-37(39-25)33-21-32(31-18-17-27-11-9-10-16-30(27)20-31)22-34(23-33)38-41-35(28-12-5-3-6-13-28)24-36(42-38)29-14-7-4-8-15-29/h3-24,35,37,39H,1-2H3,(H,41,42). The number of nitrogens with zero attached hydrogens (tertiary/aromatic N) is 2. The second kappa shape index (κ2) is 11.0. The van der Waals surface area contributed by atoms with Crippen LogP contribution >= 0.6 is 0 Å². The Morgan fingerprint density at radius 1 is 0.571 bits per heavy atom. The Balaban J connectivity index is 1.38. The molecule has 42 heavy (non-hydrogen) atoms. The molecule has 2 heterocycles. The Morgan fingerprint density at radius 2 is 1.29 bits per heavy atom. The van der Waals surface area contributed by atoms with Crippen molar-refractivity contribution in [2.75, 3.05) is 0 Å². The lowest BCUT2D eigenvalue weighted by atomic mass is 9.94. The molecule has 0 spiro atoms. The van der Waals surface area contributed by atoms with Gasteiger partial charge >= 0.3 is 0 Å². The van der Waals surface area contributed by atoms with Crippen molar-refractivity contribution in [1.82, 2.24) is 10.6 Å². The Morgan fingerprint density at radius 3 is 2.07 bits per heavy atom. The smallest absolute Gasteiger partial charge is 0.144 e. The molecule has 0 saturated carbocycles. The maximum atomic E-state index is 5.20. The molecule has 5 aromatic carbocycles. The van der Waals surface area contributed by atoms with Crippen molar-refractivity contribution < 1.29 is 0 Å². The number of aliphatic imine (C=N–C) groups is 2. The third-order valence-electron chi connectivity index (χ3n) is 7.83. The van der Waals surface area contributed by atoms with Gasteiger partial charge in [0, 0.05) is 17.0 Å². The minimum atomic E-state index is -0.174. The van der Waals surface area contributed by atoms with E-state index in [1.807, 2.05) is 6.07 Å². The lowest BCUT2D eigenvalue weighted by molar-refractivity contribution is 0.619. The maximum absolute atomic E-state index is 5.20. The van der Waals surface area contributed by atoms with Crippen LogP contribution in [0.5, 0.6) is 0 Å². The van der Waals surface area contributed by atoms with Gasteiger partial charge in [-0.15, -0.1) is 0 Å². The summed E-state index contributed by atoms with van der Waals surface area (Å²) in [7, 11) is 0. The number of hydrogen-bond acceptors (Lipinski definition) is 4. The molecule has 204 valence electrons. The zero-order valence-corrected chi connectivity index (χ0v) is 23.8. The SMILES string of the molecule is CC1=CC(C)=NC(c2cc(C3=NC(c4ccccc4)=CC(c4ccccc4)N3)cc(-c3ccc4ccccc4c3)c2)N1. The van der Waals surface area contributed by atoms with Gasteiger partial charge in [-0.3, -0.25) is 4.99 Å². The Bertz CT molecular complexity index is 1900. The van der Waals surface area contributed by atoms with Crippen LogP contribution in [0.3, 0.4) is 0 Å². The first-order chi connectivity index (χ1) is 20.6.